The molecule has 1 aromatic rings. The lowest BCUT2D eigenvalue weighted by Crippen LogP contribution is -2.40. The summed E-state index contributed by atoms with van der Waals surface area (Å²) in [5, 5.41) is 13.9. The number of amides is 2. The van der Waals surface area contributed by atoms with Crippen LogP contribution in [0.2, 0.25) is 0 Å². The number of rotatable bonds is 4. The Bertz CT molecular complexity index is 533. The standard InChI is InChI=1S/C12H20N8O2/c1-2-13-11(21)8-3-4-19(6-8)12(22)9-5-14-16-10(9)20-7-15-17-18-20/h7-10,14,16H,2-6H2,1H3,(H,13,21). The van der Waals surface area contributed by atoms with Gasteiger partial charge in [-0.2, -0.15) is 0 Å². The molecule has 3 unspecified atom stereocenters. The third-order valence-electron chi connectivity index (χ3n) is 4.14. The molecule has 1 aromatic heterocycles. The van der Waals surface area contributed by atoms with Gasteiger partial charge in [0, 0.05) is 26.2 Å². The Kier molecular flexibility index (Phi) is 4.29. The van der Waals surface area contributed by atoms with Crippen molar-refractivity contribution in [3.8, 4) is 0 Å². The van der Waals surface area contributed by atoms with E-state index in [1.807, 2.05) is 6.92 Å². The van der Waals surface area contributed by atoms with Crippen LogP contribution in [0.5, 0.6) is 0 Å². The average Bonchev–Trinajstić information content (AvgIpc) is 3.25. The minimum Gasteiger partial charge on any atom is -0.356 e. The molecule has 0 radical (unpaired) electrons. The number of hydrazine groups is 1. The molecule has 0 bridgehead atoms. The highest BCUT2D eigenvalue weighted by molar-refractivity contribution is 5.83. The molecule has 3 rings (SSSR count). The molecule has 0 spiro atoms. The third kappa shape index (κ3) is 2.79. The molecule has 2 fully saturated rings. The summed E-state index contributed by atoms with van der Waals surface area (Å²) in [7, 11) is 0. The van der Waals surface area contributed by atoms with Gasteiger partial charge in [0.25, 0.3) is 0 Å². The molecule has 2 saturated heterocycles. The van der Waals surface area contributed by atoms with Crippen LogP contribution in [0.15, 0.2) is 6.33 Å². The first kappa shape index (κ1) is 14.9. The zero-order valence-electron chi connectivity index (χ0n) is 12.4. The first-order valence-electron chi connectivity index (χ1n) is 7.48. The predicted molar refractivity (Wildman–Crippen MR) is 74.9 cm³/mol. The normalized spacial score (nSPS) is 28.0. The minimum absolute atomic E-state index is 0.0183. The van der Waals surface area contributed by atoms with E-state index in [2.05, 4.69) is 31.7 Å². The maximum absolute atomic E-state index is 12.7. The maximum Gasteiger partial charge on any atom is 0.230 e. The lowest BCUT2D eigenvalue weighted by molar-refractivity contribution is -0.135. The van der Waals surface area contributed by atoms with Gasteiger partial charge >= 0.3 is 0 Å². The number of hydrogen-bond acceptors (Lipinski definition) is 7. The van der Waals surface area contributed by atoms with Crippen molar-refractivity contribution in [1.29, 1.82) is 0 Å². The van der Waals surface area contributed by atoms with E-state index in [1.165, 1.54) is 11.0 Å². The number of tetrazole rings is 1. The molecule has 3 heterocycles. The van der Waals surface area contributed by atoms with E-state index in [9.17, 15) is 9.59 Å². The summed E-state index contributed by atoms with van der Waals surface area (Å²) < 4.78 is 1.53. The van der Waals surface area contributed by atoms with Crippen molar-refractivity contribution in [3.05, 3.63) is 6.33 Å². The summed E-state index contributed by atoms with van der Waals surface area (Å²) >= 11 is 0. The molecule has 3 atom stereocenters. The van der Waals surface area contributed by atoms with Crippen molar-refractivity contribution in [2.24, 2.45) is 11.8 Å². The van der Waals surface area contributed by atoms with Crippen LogP contribution in [0.25, 0.3) is 0 Å². The van der Waals surface area contributed by atoms with E-state index < -0.39 is 0 Å². The summed E-state index contributed by atoms with van der Waals surface area (Å²) in [6.07, 6.45) is 1.87. The number of hydrogen-bond donors (Lipinski definition) is 3. The van der Waals surface area contributed by atoms with Gasteiger partial charge in [0.15, 0.2) is 0 Å². The highest BCUT2D eigenvalue weighted by atomic mass is 16.2. The summed E-state index contributed by atoms with van der Waals surface area (Å²) in [4.78, 5) is 26.4. The Morgan fingerprint density at radius 1 is 1.45 bits per heavy atom. The molecule has 0 aliphatic carbocycles. The fraction of sp³-hybridized carbons (Fsp3) is 0.750. The lowest BCUT2D eigenvalue weighted by atomic mass is 10.1. The number of likely N-dealkylation sites (tertiary alicyclic amines) is 1. The fourth-order valence-corrected chi connectivity index (χ4v) is 2.98. The van der Waals surface area contributed by atoms with Crippen LogP contribution in [0.1, 0.15) is 19.5 Å². The van der Waals surface area contributed by atoms with Crippen molar-refractivity contribution in [3.63, 3.8) is 0 Å². The minimum atomic E-state index is -0.314. The van der Waals surface area contributed by atoms with Crippen LogP contribution >= 0.6 is 0 Å². The highest BCUT2D eigenvalue weighted by Gasteiger charge is 2.40. The van der Waals surface area contributed by atoms with E-state index in [0.717, 1.165) is 0 Å². The monoisotopic (exact) mass is 308 g/mol. The molecule has 2 amide bonds. The summed E-state index contributed by atoms with van der Waals surface area (Å²) in [5.41, 5.74) is 5.99. The van der Waals surface area contributed by atoms with Gasteiger partial charge in [0.1, 0.15) is 12.5 Å². The largest absolute Gasteiger partial charge is 0.356 e. The van der Waals surface area contributed by atoms with Gasteiger partial charge in [-0.15, -0.1) is 5.10 Å². The molecule has 2 aliphatic heterocycles. The molecule has 10 heteroatoms. The second-order valence-corrected chi connectivity index (χ2v) is 5.53. The fourth-order valence-electron chi connectivity index (χ4n) is 2.98. The predicted octanol–water partition coefficient (Wildman–Crippen LogP) is -2.12. The van der Waals surface area contributed by atoms with Crippen molar-refractivity contribution >= 4 is 11.8 Å². The zero-order chi connectivity index (χ0) is 15.5. The van der Waals surface area contributed by atoms with Crippen LogP contribution < -0.4 is 16.2 Å². The second kappa shape index (κ2) is 6.36. The van der Waals surface area contributed by atoms with Crippen molar-refractivity contribution in [2.45, 2.75) is 19.5 Å². The molecular formula is C12H20N8O2. The SMILES string of the molecule is CCNC(=O)C1CCN(C(=O)C2CNNC2n2cnnn2)C1. The molecule has 0 aromatic carbocycles. The van der Waals surface area contributed by atoms with Crippen LogP contribution in [0, 0.1) is 11.8 Å². The highest BCUT2D eigenvalue weighted by Crippen LogP contribution is 2.24. The molecule has 3 N–H and O–H groups in total. The Morgan fingerprint density at radius 2 is 2.32 bits per heavy atom. The summed E-state index contributed by atoms with van der Waals surface area (Å²) in [6.45, 7) is 4.10. The van der Waals surface area contributed by atoms with Crippen LogP contribution in [-0.4, -0.2) is 63.1 Å². The maximum atomic E-state index is 12.7. The lowest BCUT2D eigenvalue weighted by Gasteiger charge is -2.23. The number of aromatic nitrogens is 4. The van der Waals surface area contributed by atoms with E-state index in [-0.39, 0.29) is 29.8 Å². The third-order valence-corrected chi connectivity index (χ3v) is 4.14. The van der Waals surface area contributed by atoms with Crippen LogP contribution in [0.4, 0.5) is 0 Å². The Balaban J connectivity index is 1.63. The molecular weight excluding hydrogens is 288 g/mol. The second-order valence-electron chi connectivity index (χ2n) is 5.53. The van der Waals surface area contributed by atoms with Gasteiger partial charge in [-0.3, -0.25) is 15.0 Å². The quantitative estimate of drug-likeness (QED) is 0.582. The summed E-state index contributed by atoms with van der Waals surface area (Å²) in [6, 6.07) is 0. The Morgan fingerprint density at radius 3 is 3.05 bits per heavy atom. The first-order valence-corrected chi connectivity index (χ1v) is 7.48. The first-order chi connectivity index (χ1) is 10.7. The Labute approximate surface area is 127 Å². The molecule has 120 valence electrons. The van der Waals surface area contributed by atoms with Crippen molar-refractivity contribution in [2.75, 3.05) is 26.2 Å². The van der Waals surface area contributed by atoms with Gasteiger partial charge < -0.3 is 10.2 Å². The van der Waals surface area contributed by atoms with Crippen LogP contribution in [0.3, 0.4) is 0 Å². The van der Waals surface area contributed by atoms with E-state index in [4.69, 9.17) is 0 Å². The van der Waals surface area contributed by atoms with E-state index in [0.29, 0.717) is 32.6 Å². The molecule has 22 heavy (non-hydrogen) atoms. The van der Waals surface area contributed by atoms with E-state index in [1.54, 1.807) is 4.90 Å². The Hall–Kier alpha value is -2.07. The van der Waals surface area contributed by atoms with Gasteiger partial charge in [0.2, 0.25) is 11.8 Å². The van der Waals surface area contributed by atoms with E-state index >= 15 is 0 Å². The topological polar surface area (TPSA) is 117 Å². The van der Waals surface area contributed by atoms with Gasteiger partial charge in [-0.1, -0.05) is 0 Å². The number of nitrogens with zero attached hydrogens (tertiary/aromatic N) is 5. The van der Waals surface area contributed by atoms with Gasteiger partial charge in [0.05, 0.1) is 11.8 Å². The number of nitrogens with one attached hydrogen (secondary N) is 3. The van der Waals surface area contributed by atoms with Crippen molar-refractivity contribution in [1.82, 2.24) is 41.3 Å². The zero-order valence-corrected chi connectivity index (χ0v) is 12.4. The number of carbonyl (C=O) groups excluding carboxylic acids is 2. The van der Waals surface area contributed by atoms with Crippen molar-refractivity contribution < 1.29 is 9.59 Å². The van der Waals surface area contributed by atoms with Crippen LogP contribution in [-0.2, 0) is 9.59 Å². The van der Waals surface area contributed by atoms with Gasteiger partial charge in [-0.25, -0.2) is 10.1 Å². The smallest absolute Gasteiger partial charge is 0.230 e. The average molecular weight is 308 g/mol. The number of carbonyl (C=O) groups is 2. The molecule has 0 saturated carbocycles. The molecule has 10 nitrogen and oxygen atoms in total. The van der Waals surface area contributed by atoms with Gasteiger partial charge in [-0.05, 0) is 23.8 Å². The summed E-state index contributed by atoms with van der Waals surface area (Å²) in [5.74, 6) is -0.364. The molecule has 2 aliphatic rings.